The molecule has 1 fully saturated rings. The summed E-state index contributed by atoms with van der Waals surface area (Å²) in [5.41, 5.74) is 0. The summed E-state index contributed by atoms with van der Waals surface area (Å²) in [6.45, 7) is 4.89. The first-order valence-corrected chi connectivity index (χ1v) is 3.99. The van der Waals surface area contributed by atoms with E-state index in [0.717, 1.165) is 0 Å². The third-order valence-electron chi connectivity index (χ3n) is 1.75. The Hall–Kier alpha value is 0.350. The van der Waals surface area contributed by atoms with E-state index in [4.69, 9.17) is 0 Å². The summed E-state index contributed by atoms with van der Waals surface area (Å²) < 4.78 is 2.31. The van der Waals surface area contributed by atoms with Crippen molar-refractivity contribution >= 4 is 9.39 Å². The summed E-state index contributed by atoms with van der Waals surface area (Å²) in [5.74, 6) is 0. The van der Waals surface area contributed by atoms with Crippen LogP contribution in [0.4, 0.5) is 0 Å². The first-order chi connectivity index (χ1) is 4.29. The van der Waals surface area contributed by atoms with E-state index in [2.05, 4.69) is 26.0 Å². The van der Waals surface area contributed by atoms with Crippen LogP contribution in [-0.2, 0) is 0 Å². The molecule has 0 spiro atoms. The van der Waals surface area contributed by atoms with Gasteiger partial charge in [0.15, 0.2) is 0 Å². The van der Waals surface area contributed by atoms with Gasteiger partial charge in [0.25, 0.3) is 0 Å². The number of likely N-dealkylation sites (N-methyl/N-ethyl adjacent to an activating group) is 1. The van der Waals surface area contributed by atoms with Crippen molar-refractivity contribution in [3.05, 3.63) is 0 Å². The van der Waals surface area contributed by atoms with Crippen molar-refractivity contribution in [1.82, 2.24) is 9.57 Å². The van der Waals surface area contributed by atoms with Crippen molar-refractivity contribution in [2.24, 2.45) is 0 Å². The topological polar surface area (TPSA) is 6.48 Å². The Morgan fingerprint density at radius 2 is 1.89 bits per heavy atom. The molecule has 1 aliphatic rings. The van der Waals surface area contributed by atoms with Gasteiger partial charge in [0, 0.05) is 19.6 Å². The zero-order valence-corrected chi connectivity index (χ0v) is 7.16. The molecule has 1 heterocycles. The minimum atomic E-state index is 1.20. The predicted octanol–water partition coefficient (Wildman–Crippen LogP) is 0.414. The summed E-state index contributed by atoms with van der Waals surface area (Å²) in [4.78, 5) is 2.38. The third-order valence-corrected chi connectivity index (χ3v) is 2.27. The average Bonchev–Trinajstić information content (AvgIpc) is 1.97. The van der Waals surface area contributed by atoms with Gasteiger partial charge in [0.2, 0.25) is 0 Å². The molecule has 0 N–H and O–H groups in total. The second-order valence-corrected chi connectivity index (χ2v) is 3.42. The maximum Gasteiger partial charge on any atom is 0.0144 e. The van der Waals surface area contributed by atoms with Crippen molar-refractivity contribution in [1.29, 1.82) is 0 Å². The van der Waals surface area contributed by atoms with Gasteiger partial charge in [-0.15, -0.1) is 0 Å². The van der Waals surface area contributed by atoms with Crippen molar-refractivity contribution in [2.75, 3.05) is 33.2 Å². The molecule has 0 radical (unpaired) electrons. The minimum absolute atomic E-state index is 1.20. The SMILES string of the molecule is CN1CCCN(P)CC1. The normalized spacial score (nSPS) is 26.0. The van der Waals surface area contributed by atoms with E-state index in [-0.39, 0.29) is 0 Å². The van der Waals surface area contributed by atoms with Crippen molar-refractivity contribution in [2.45, 2.75) is 6.42 Å². The molecule has 0 aliphatic carbocycles. The number of rotatable bonds is 0. The van der Waals surface area contributed by atoms with E-state index in [1.54, 1.807) is 0 Å². The molecule has 0 saturated carbocycles. The lowest BCUT2D eigenvalue weighted by Crippen LogP contribution is -2.22. The quantitative estimate of drug-likeness (QED) is 0.457. The van der Waals surface area contributed by atoms with E-state index < -0.39 is 0 Å². The van der Waals surface area contributed by atoms with Gasteiger partial charge in [-0.05, 0) is 20.0 Å². The predicted molar refractivity (Wildman–Crippen MR) is 43.4 cm³/mol. The Labute approximate surface area is 59.5 Å². The van der Waals surface area contributed by atoms with Crippen molar-refractivity contribution < 1.29 is 0 Å². The van der Waals surface area contributed by atoms with Gasteiger partial charge in [-0.25, -0.2) is 0 Å². The molecular weight excluding hydrogens is 131 g/mol. The van der Waals surface area contributed by atoms with E-state index in [1.807, 2.05) is 0 Å². The summed E-state index contributed by atoms with van der Waals surface area (Å²) >= 11 is 0. The fourth-order valence-corrected chi connectivity index (χ4v) is 1.36. The lowest BCUT2D eigenvalue weighted by molar-refractivity contribution is 0.351. The van der Waals surface area contributed by atoms with Crippen LogP contribution in [0.15, 0.2) is 0 Å². The summed E-state index contributed by atoms with van der Waals surface area (Å²) in [6.07, 6.45) is 1.31. The lowest BCUT2D eigenvalue weighted by atomic mass is 10.4. The Balaban J connectivity index is 2.25. The highest BCUT2D eigenvalue weighted by Gasteiger charge is 2.06. The molecule has 0 amide bonds. The molecule has 1 aliphatic heterocycles. The van der Waals surface area contributed by atoms with Crippen LogP contribution in [0, 0.1) is 0 Å². The zero-order valence-electron chi connectivity index (χ0n) is 6.01. The molecule has 1 saturated heterocycles. The highest BCUT2D eigenvalue weighted by atomic mass is 31.0. The first-order valence-electron chi connectivity index (χ1n) is 3.47. The van der Waals surface area contributed by atoms with E-state index in [1.165, 1.54) is 32.6 Å². The van der Waals surface area contributed by atoms with Crippen molar-refractivity contribution in [3.8, 4) is 0 Å². The van der Waals surface area contributed by atoms with Crippen LogP contribution in [0.1, 0.15) is 6.42 Å². The molecule has 0 aromatic heterocycles. The minimum Gasteiger partial charge on any atom is -0.305 e. The molecule has 2 nitrogen and oxygen atoms in total. The van der Waals surface area contributed by atoms with Crippen LogP contribution in [-0.4, -0.2) is 42.8 Å². The second kappa shape index (κ2) is 3.50. The highest BCUT2D eigenvalue weighted by molar-refractivity contribution is 7.13. The summed E-state index contributed by atoms with van der Waals surface area (Å²) in [7, 11) is 4.95. The molecule has 0 bridgehead atoms. The average molecular weight is 146 g/mol. The van der Waals surface area contributed by atoms with Gasteiger partial charge in [-0.1, -0.05) is 9.39 Å². The van der Waals surface area contributed by atoms with Gasteiger partial charge < -0.3 is 4.90 Å². The van der Waals surface area contributed by atoms with Crippen LogP contribution in [0.3, 0.4) is 0 Å². The van der Waals surface area contributed by atoms with Crippen LogP contribution in [0.25, 0.3) is 0 Å². The maximum atomic E-state index is 2.76. The van der Waals surface area contributed by atoms with Crippen LogP contribution in [0.2, 0.25) is 0 Å². The molecule has 1 unspecified atom stereocenters. The Bertz CT molecular complexity index is 77.1. The van der Waals surface area contributed by atoms with Crippen molar-refractivity contribution in [3.63, 3.8) is 0 Å². The van der Waals surface area contributed by atoms with Gasteiger partial charge in [0.05, 0.1) is 0 Å². The zero-order chi connectivity index (χ0) is 6.69. The highest BCUT2D eigenvalue weighted by Crippen LogP contribution is 2.04. The van der Waals surface area contributed by atoms with Crippen LogP contribution >= 0.6 is 9.39 Å². The molecule has 54 valence electrons. The van der Waals surface area contributed by atoms with E-state index in [0.29, 0.717) is 0 Å². The monoisotopic (exact) mass is 146 g/mol. The molecule has 3 heteroatoms. The molecular formula is C6H15N2P. The molecule has 9 heavy (non-hydrogen) atoms. The maximum absolute atomic E-state index is 2.76. The van der Waals surface area contributed by atoms with Gasteiger partial charge >= 0.3 is 0 Å². The van der Waals surface area contributed by atoms with Gasteiger partial charge in [-0.2, -0.15) is 0 Å². The molecule has 1 atom stereocenters. The Morgan fingerprint density at radius 3 is 2.67 bits per heavy atom. The van der Waals surface area contributed by atoms with Gasteiger partial charge in [0.1, 0.15) is 0 Å². The molecule has 1 rings (SSSR count). The van der Waals surface area contributed by atoms with E-state index in [9.17, 15) is 0 Å². The van der Waals surface area contributed by atoms with Crippen LogP contribution < -0.4 is 0 Å². The number of hydrogen-bond donors (Lipinski definition) is 0. The first kappa shape index (κ1) is 7.46. The van der Waals surface area contributed by atoms with E-state index >= 15 is 0 Å². The Kier molecular flexibility index (Phi) is 2.90. The fourth-order valence-electron chi connectivity index (χ4n) is 1.07. The second-order valence-electron chi connectivity index (χ2n) is 2.69. The number of hydrogen-bond acceptors (Lipinski definition) is 2. The largest absolute Gasteiger partial charge is 0.305 e. The Morgan fingerprint density at radius 1 is 1.11 bits per heavy atom. The molecule has 0 aromatic carbocycles. The third kappa shape index (κ3) is 2.61. The summed E-state index contributed by atoms with van der Waals surface area (Å²) in [5, 5.41) is 0. The number of nitrogens with zero attached hydrogens (tertiary/aromatic N) is 2. The summed E-state index contributed by atoms with van der Waals surface area (Å²) in [6, 6.07) is 0. The van der Waals surface area contributed by atoms with Gasteiger partial charge in [-0.3, -0.25) is 4.67 Å². The van der Waals surface area contributed by atoms with Crippen LogP contribution in [0.5, 0.6) is 0 Å². The smallest absolute Gasteiger partial charge is 0.0144 e. The fraction of sp³-hybridized carbons (Fsp3) is 1.00. The molecule has 0 aromatic rings. The standard InChI is InChI=1S/C6H15N2P/c1-7-3-2-4-8(9)6-5-7/h2-6,9H2,1H3. The lowest BCUT2D eigenvalue weighted by Gasteiger charge is -2.12.